The Bertz CT molecular complexity index is 731. The molecule has 0 aliphatic carbocycles. The molecule has 0 aliphatic heterocycles. The molecule has 0 amide bonds. The topological polar surface area (TPSA) is 33.1 Å². The molecule has 1 aromatic heterocycles. The molecule has 1 atom stereocenters. The third kappa shape index (κ3) is 2.19. The Morgan fingerprint density at radius 2 is 1.80 bits per heavy atom. The summed E-state index contributed by atoms with van der Waals surface area (Å²) >= 11 is 0. The number of aromatic nitrogens is 1. The van der Waals surface area contributed by atoms with Gasteiger partial charge in [0.15, 0.2) is 0 Å². The Labute approximate surface area is 118 Å². The maximum atomic E-state index is 10.8. The van der Waals surface area contributed by atoms with Crippen molar-refractivity contribution < 1.29 is 5.11 Å². The molecule has 0 saturated heterocycles. The molecule has 0 saturated carbocycles. The van der Waals surface area contributed by atoms with Gasteiger partial charge in [0.05, 0.1) is 0 Å². The van der Waals surface area contributed by atoms with E-state index in [0.29, 0.717) is 0 Å². The van der Waals surface area contributed by atoms with Crippen molar-refractivity contribution in [3.8, 4) is 0 Å². The molecular formula is C18H17NO. The average molecular weight is 263 g/mol. The van der Waals surface area contributed by atoms with Crippen molar-refractivity contribution in [2.75, 3.05) is 0 Å². The highest BCUT2D eigenvalue weighted by atomic mass is 16.3. The van der Waals surface area contributed by atoms with Crippen LogP contribution in [0.5, 0.6) is 0 Å². The van der Waals surface area contributed by atoms with Gasteiger partial charge in [0.2, 0.25) is 0 Å². The number of fused-ring (bicyclic) bond motifs is 1. The molecule has 1 heterocycles. The standard InChI is InChI=1S/C18H17NO/c1-2-13-6-3-4-8-16(13)18(20)17-9-5-7-14-12-19-11-10-15(14)17/h3-12,18,20H,2H2,1H3. The van der Waals surface area contributed by atoms with Gasteiger partial charge in [-0.1, -0.05) is 49.4 Å². The molecule has 1 unspecified atom stereocenters. The average Bonchev–Trinajstić information content (AvgIpc) is 2.53. The van der Waals surface area contributed by atoms with Crippen molar-refractivity contribution in [3.63, 3.8) is 0 Å². The van der Waals surface area contributed by atoms with Crippen molar-refractivity contribution in [1.82, 2.24) is 4.98 Å². The zero-order chi connectivity index (χ0) is 13.9. The van der Waals surface area contributed by atoms with Crippen molar-refractivity contribution in [2.45, 2.75) is 19.4 Å². The molecule has 2 aromatic carbocycles. The van der Waals surface area contributed by atoms with Crippen LogP contribution in [0.25, 0.3) is 10.8 Å². The molecule has 20 heavy (non-hydrogen) atoms. The Morgan fingerprint density at radius 3 is 2.65 bits per heavy atom. The molecule has 0 aliphatic rings. The van der Waals surface area contributed by atoms with E-state index in [1.54, 1.807) is 6.20 Å². The second-order valence-corrected chi connectivity index (χ2v) is 4.90. The van der Waals surface area contributed by atoms with Gasteiger partial charge in [-0.05, 0) is 34.6 Å². The lowest BCUT2D eigenvalue weighted by atomic mass is 9.93. The van der Waals surface area contributed by atoms with Crippen LogP contribution in [0.15, 0.2) is 60.9 Å². The van der Waals surface area contributed by atoms with Gasteiger partial charge < -0.3 is 5.11 Å². The molecule has 100 valence electrons. The fourth-order valence-corrected chi connectivity index (χ4v) is 2.68. The van der Waals surface area contributed by atoms with E-state index < -0.39 is 6.10 Å². The van der Waals surface area contributed by atoms with E-state index in [4.69, 9.17) is 0 Å². The van der Waals surface area contributed by atoms with E-state index in [2.05, 4.69) is 18.0 Å². The number of hydrogen-bond acceptors (Lipinski definition) is 2. The fourth-order valence-electron chi connectivity index (χ4n) is 2.68. The minimum Gasteiger partial charge on any atom is -0.384 e. The molecule has 0 radical (unpaired) electrons. The largest absolute Gasteiger partial charge is 0.384 e. The van der Waals surface area contributed by atoms with Gasteiger partial charge in [-0.3, -0.25) is 4.98 Å². The van der Waals surface area contributed by atoms with Gasteiger partial charge in [-0.25, -0.2) is 0 Å². The lowest BCUT2D eigenvalue weighted by Crippen LogP contribution is -2.04. The van der Waals surface area contributed by atoms with Crippen LogP contribution in [-0.4, -0.2) is 10.1 Å². The SMILES string of the molecule is CCc1ccccc1C(O)c1cccc2cnccc12. The summed E-state index contributed by atoms with van der Waals surface area (Å²) in [5, 5.41) is 12.9. The van der Waals surface area contributed by atoms with Gasteiger partial charge in [0, 0.05) is 17.8 Å². The minimum atomic E-state index is -0.600. The molecule has 0 spiro atoms. The number of aliphatic hydroxyl groups is 1. The highest BCUT2D eigenvalue weighted by molar-refractivity contribution is 5.85. The van der Waals surface area contributed by atoms with E-state index >= 15 is 0 Å². The van der Waals surface area contributed by atoms with Crippen LogP contribution >= 0.6 is 0 Å². The van der Waals surface area contributed by atoms with Crippen LogP contribution in [0.2, 0.25) is 0 Å². The highest BCUT2D eigenvalue weighted by Gasteiger charge is 2.15. The summed E-state index contributed by atoms with van der Waals surface area (Å²) in [5.74, 6) is 0. The fraction of sp³-hybridized carbons (Fsp3) is 0.167. The first-order chi connectivity index (χ1) is 9.81. The lowest BCUT2D eigenvalue weighted by molar-refractivity contribution is 0.221. The second-order valence-electron chi connectivity index (χ2n) is 4.90. The van der Waals surface area contributed by atoms with Crippen LogP contribution in [0, 0.1) is 0 Å². The Kier molecular flexibility index (Phi) is 3.48. The lowest BCUT2D eigenvalue weighted by Gasteiger charge is -2.17. The monoisotopic (exact) mass is 263 g/mol. The second kappa shape index (κ2) is 5.43. The van der Waals surface area contributed by atoms with Gasteiger partial charge in [0.25, 0.3) is 0 Å². The van der Waals surface area contributed by atoms with Crippen LogP contribution in [-0.2, 0) is 6.42 Å². The zero-order valence-electron chi connectivity index (χ0n) is 11.5. The first-order valence-electron chi connectivity index (χ1n) is 6.89. The summed E-state index contributed by atoms with van der Waals surface area (Å²) in [7, 11) is 0. The maximum Gasteiger partial charge on any atom is 0.105 e. The van der Waals surface area contributed by atoms with E-state index in [1.807, 2.05) is 48.7 Å². The number of aliphatic hydroxyl groups excluding tert-OH is 1. The summed E-state index contributed by atoms with van der Waals surface area (Å²) in [6.45, 7) is 2.11. The number of nitrogens with zero attached hydrogens (tertiary/aromatic N) is 1. The van der Waals surface area contributed by atoms with E-state index in [-0.39, 0.29) is 0 Å². The third-order valence-electron chi connectivity index (χ3n) is 3.74. The van der Waals surface area contributed by atoms with Gasteiger partial charge in [0.1, 0.15) is 6.10 Å². The van der Waals surface area contributed by atoms with Gasteiger partial charge in [-0.15, -0.1) is 0 Å². The number of pyridine rings is 1. The predicted octanol–water partition coefficient (Wildman–Crippen LogP) is 3.88. The van der Waals surface area contributed by atoms with E-state index in [9.17, 15) is 5.11 Å². The van der Waals surface area contributed by atoms with Crippen LogP contribution in [0.3, 0.4) is 0 Å². The first-order valence-corrected chi connectivity index (χ1v) is 6.89. The highest BCUT2D eigenvalue weighted by Crippen LogP contribution is 2.30. The van der Waals surface area contributed by atoms with Crippen LogP contribution in [0.4, 0.5) is 0 Å². The molecule has 2 heteroatoms. The zero-order valence-corrected chi connectivity index (χ0v) is 11.5. The summed E-state index contributed by atoms with van der Waals surface area (Å²) in [6, 6.07) is 16.0. The summed E-state index contributed by atoms with van der Waals surface area (Å²) in [4.78, 5) is 4.14. The molecule has 0 fully saturated rings. The van der Waals surface area contributed by atoms with E-state index in [0.717, 1.165) is 28.3 Å². The first kappa shape index (κ1) is 12.8. The Balaban J connectivity index is 2.15. The number of hydrogen-bond donors (Lipinski definition) is 1. The normalized spacial score (nSPS) is 12.5. The minimum absolute atomic E-state index is 0.600. The van der Waals surface area contributed by atoms with Crippen molar-refractivity contribution in [2.24, 2.45) is 0 Å². The van der Waals surface area contributed by atoms with Crippen LogP contribution < -0.4 is 0 Å². The molecule has 2 nitrogen and oxygen atoms in total. The molecule has 3 aromatic rings. The quantitative estimate of drug-likeness (QED) is 0.778. The van der Waals surface area contributed by atoms with Crippen LogP contribution in [0.1, 0.15) is 29.7 Å². The van der Waals surface area contributed by atoms with E-state index in [1.165, 1.54) is 5.56 Å². The number of aryl methyl sites for hydroxylation is 1. The van der Waals surface area contributed by atoms with Gasteiger partial charge >= 0.3 is 0 Å². The number of benzene rings is 2. The Hall–Kier alpha value is -2.19. The maximum absolute atomic E-state index is 10.8. The summed E-state index contributed by atoms with van der Waals surface area (Å²) in [6.07, 6.45) is 3.92. The third-order valence-corrected chi connectivity index (χ3v) is 3.74. The number of rotatable bonds is 3. The van der Waals surface area contributed by atoms with Gasteiger partial charge in [-0.2, -0.15) is 0 Å². The summed E-state index contributed by atoms with van der Waals surface area (Å²) < 4.78 is 0. The summed E-state index contributed by atoms with van der Waals surface area (Å²) in [5.41, 5.74) is 3.11. The van der Waals surface area contributed by atoms with Crippen molar-refractivity contribution in [1.29, 1.82) is 0 Å². The molecule has 0 bridgehead atoms. The molecular weight excluding hydrogens is 246 g/mol. The smallest absolute Gasteiger partial charge is 0.105 e. The Morgan fingerprint density at radius 1 is 1.00 bits per heavy atom. The predicted molar refractivity (Wildman–Crippen MR) is 81.6 cm³/mol. The molecule has 3 rings (SSSR count). The van der Waals surface area contributed by atoms with Crippen molar-refractivity contribution >= 4 is 10.8 Å². The van der Waals surface area contributed by atoms with Crippen molar-refractivity contribution in [3.05, 3.63) is 77.6 Å². The molecule has 1 N–H and O–H groups in total.